The molecule has 0 atom stereocenters. The minimum absolute atomic E-state index is 0.484. The van der Waals surface area contributed by atoms with E-state index in [0.29, 0.717) is 6.54 Å². The van der Waals surface area contributed by atoms with Gasteiger partial charge >= 0.3 is 0 Å². The Bertz CT molecular complexity index is 1070. The summed E-state index contributed by atoms with van der Waals surface area (Å²) in [5.41, 5.74) is 2.39. The third-order valence-corrected chi connectivity index (χ3v) is 6.01. The molecule has 0 unspecified atom stereocenters. The van der Waals surface area contributed by atoms with Crippen LogP contribution in [-0.2, 0) is 26.4 Å². The molecule has 0 radical (unpaired) electrons. The molecule has 0 bridgehead atoms. The number of nitrogens with one attached hydrogen (secondary N) is 3. The normalized spacial score (nSPS) is 11.9. The number of guanidine groups is 1. The van der Waals surface area contributed by atoms with Crippen LogP contribution < -0.4 is 10.6 Å². The van der Waals surface area contributed by atoms with Crippen molar-refractivity contribution in [3.63, 3.8) is 0 Å². The number of aromatic nitrogens is 4. The number of hydrogen-bond donors (Lipinski definition) is 3. The van der Waals surface area contributed by atoms with Gasteiger partial charge in [0.1, 0.15) is 12.4 Å². The van der Waals surface area contributed by atoms with E-state index in [-0.39, 0.29) is 0 Å². The van der Waals surface area contributed by atoms with Gasteiger partial charge in [-0.05, 0) is 42.3 Å². The van der Waals surface area contributed by atoms with Crippen molar-refractivity contribution >= 4 is 28.2 Å². The maximum atomic E-state index is 4.73. The molecule has 0 aliphatic heterocycles. The molecule has 4 aromatic rings. The Hall–Kier alpha value is -3.13. The quantitative estimate of drug-likeness (QED) is 0.301. The minimum atomic E-state index is 0.484. The van der Waals surface area contributed by atoms with Gasteiger partial charge in [0.15, 0.2) is 11.8 Å². The van der Waals surface area contributed by atoms with Crippen LogP contribution in [0.4, 0.5) is 0 Å². The van der Waals surface area contributed by atoms with Crippen LogP contribution in [0.5, 0.6) is 0 Å². The summed E-state index contributed by atoms with van der Waals surface area (Å²) in [5, 5.41) is 18.6. The highest BCUT2D eigenvalue weighted by Crippen LogP contribution is 2.14. The van der Waals surface area contributed by atoms with Crippen molar-refractivity contribution in [2.45, 2.75) is 26.3 Å². The average Bonchev–Trinajstić information content (AvgIpc) is 3.48. The summed E-state index contributed by atoms with van der Waals surface area (Å²) in [6, 6.07) is 14.8. The number of benzene rings is 1. The minimum Gasteiger partial charge on any atom is -0.358 e. The number of aromatic amines is 1. The number of H-pyrrole nitrogens is 1. The molecule has 3 heterocycles. The zero-order chi connectivity index (χ0) is 20.8. The van der Waals surface area contributed by atoms with Gasteiger partial charge in [0.2, 0.25) is 0 Å². The molecule has 0 saturated heterocycles. The summed E-state index contributed by atoms with van der Waals surface area (Å²) in [5.74, 6) is 2.53. The first kappa shape index (κ1) is 20.2. The van der Waals surface area contributed by atoms with Gasteiger partial charge in [0.05, 0.1) is 0 Å². The molecule has 4 rings (SSSR count). The molecule has 7 nitrogen and oxygen atoms in total. The SMILES string of the molecule is Cc1nnc(CN=C(NCCc2cc3ccccc3[nH]2)NCCc2cccs2)n1C. The van der Waals surface area contributed by atoms with Gasteiger partial charge in [0, 0.05) is 42.6 Å². The predicted octanol–water partition coefficient (Wildman–Crippen LogP) is 3.19. The molecule has 1 aromatic carbocycles. The van der Waals surface area contributed by atoms with Crippen molar-refractivity contribution in [3.8, 4) is 0 Å². The topological polar surface area (TPSA) is 82.9 Å². The molecular formula is C22H27N7S. The molecule has 8 heteroatoms. The number of thiophene rings is 1. The van der Waals surface area contributed by atoms with Crippen LogP contribution in [0.2, 0.25) is 0 Å². The first-order valence-corrected chi connectivity index (χ1v) is 11.0. The Morgan fingerprint density at radius 3 is 2.67 bits per heavy atom. The van der Waals surface area contributed by atoms with Gasteiger partial charge in [-0.2, -0.15) is 0 Å². The van der Waals surface area contributed by atoms with Crippen molar-refractivity contribution in [1.82, 2.24) is 30.4 Å². The molecule has 30 heavy (non-hydrogen) atoms. The van der Waals surface area contributed by atoms with Gasteiger partial charge in [-0.15, -0.1) is 21.5 Å². The molecule has 0 amide bonds. The molecule has 3 N–H and O–H groups in total. The molecule has 0 fully saturated rings. The Morgan fingerprint density at radius 1 is 1.10 bits per heavy atom. The molecule has 0 saturated carbocycles. The van der Waals surface area contributed by atoms with E-state index < -0.39 is 0 Å². The lowest BCUT2D eigenvalue weighted by molar-refractivity contribution is 0.744. The molecule has 0 aliphatic carbocycles. The largest absolute Gasteiger partial charge is 0.358 e. The molecule has 0 aliphatic rings. The fraction of sp³-hybridized carbons (Fsp3) is 0.318. The van der Waals surface area contributed by atoms with Crippen LogP contribution in [0, 0.1) is 6.92 Å². The molecule has 156 valence electrons. The van der Waals surface area contributed by atoms with Crippen LogP contribution >= 0.6 is 11.3 Å². The molecular weight excluding hydrogens is 394 g/mol. The van der Waals surface area contributed by atoms with E-state index in [2.05, 4.69) is 73.7 Å². The van der Waals surface area contributed by atoms with E-state index >= 15 is 0 Å². The first-order chi connectivity index (χ1) is 14.7. The van der Waals surface area contributed by atoms with Crippen molar-refractivity contribution < 1.29 is 0 Å². The molecule has 0 spiro atoms. The van der Waals surface area contributed by atoms with Crippen LogP contribution in [0.1, 0.15) is 22.2 Å². The van der Waals surface area contributed by atoms with Gasteiger partial charge < -0.3 is 20.2 Å². The summed E-state index contributed by atoms with van der Waals surface area (Å²) >= 11 is 1.78. The highest BCUT2D eigenvalue weighted by atomic mass is 32.1. The van der Waals surface area contributed by atoms with E-state index in [1.807, 2.05) is 18.5 Å². The Labute approximate surface area is 180 Å². The Morgan fingerprint density at radius 2 is 1.93 bits per heavy atom. The van der Waals surface area contributed by atoms with Gasteiger partial charge in [-0.3, -0.25) is 0 Å². The van der Waals surface area contributed by atoms with Crippen molar-refractivity contribution in [2.24, 2.45) is 12.0 Å². The van der Waals surface area contributed by atoms with E-state index in [1.54, 1.807) is 11.3 Å². The fourth-order valence-electron chi connectivity index (χ4n) is 3.26. The zero-order valence-corrected chi connectivity index (χ0v) is 18.2. The van der Waals surface area contributed by atoms with Gasteiger partial charge in [-0.25, -0.2) is 4.99 Å². The summed E-state index contributed by atoms with van der Waals surface area (Å²) in [6.07, 6.45) is 1.87. The van der Waals surface area contributed by atoms with Crippen molar-refractivity contribution in [1.29, 1.82) is 0 Å². The monoisotopic (exact) mass is 421 g/mol. The van der Waals surface area contributed by atoms with Crippen LogP contribution in [0.3, 0.4) is 0 Å². The number of rotatable bonds is 8. The highest BCUT2D eigenvalue weighted by Gasteiger charge is 2.06. The third kappa shape index (κ3) is 5.07. The zero-order valence-electron chi connectivity index (χ0n) is 17.4. The number of nitrogens with zero attached hydrogens (tertiary/aromatic N) is 4. The number of aryl methyl sites for hydroxylation is 1. The third-order valence-electron chi connectivity index (χ3n) is 5.08. The van der Waals surface area contributed by atoms with E-state index in [1.165, 1.54) is 21.5 Å². The maximum absolute atomic E-state index is 4.73. The van der Waals surface area contributed by atoms with Crippen LogP contribution in [-0.4, -0.2) is 38.8 Å². The first-order valence-electron chi connectivity index (χ1n) is 10.1. The van der Waals surface area contributed by atoms with E-state index in [0.717, 1.165) is 43.5 Å². The fourth-order valence-corrected chi connectivity index (χ4v) is 3.96. The Balaban J connectivity index is 1.36. The predicted molar refractivity (Wildman–Crippen MR) is 123 cm³/mol. The summed E-state index contributed by atoms with van der Waals surface area (Å²) < 4.78 is 1.97. The smallest absolute Gasteiger partial charge is 0.191 e. The average molecular weight is 422 g/mol. The number of fused-ring (bicyclic) bond motifs is 1. The second kappa shape index (κ2) is 9.58. The van der Waals surface area contributed by atoms with Crippen LogP contribution in [0.15, 0.2) is 52.8 Å². The number of hydrogen-bond acceptors (Lipinski definition) is 4. The summed E-state index contributed by atoms with van der Waals surface area (Å²) in [4.78, 5) is 9.57. The highest BCUT2D eigenvalue weighted by molar-refractivity contribution is 7.09. The van der Waals surface area contributed by atoms with Crippen LogP contribution in [0.25, 0.3) is 10.9 Å². The lowest BCUT2D eigenvalue weighted by Gasteiger charge is -2.12. The number of aliphatic imine (C=N–C) groups is 1. The van der Waals surface area contributed by atoms with Crippen molar-refractivity contribution in [2.75, 3.05) is 13.1 Å². The summed E-state index contributed by atoms with van der Waals surface area (Å²) in [7, 11) is 1.97. The second-order valence-electron chi connectivity index (χ2n) is 7.20. The Kier molecular flexibility index (Phi) is 6.44. The standard InChI is InChI=1S/C22H27N7S/c1-16-27-28-21(29(16)2)15-25-22(24-12-10-19-7-5-13-30-19)23-11-9-18-14-17-6-3-4-8-20(17)26-18/h3-8,13-14,26H,9-12,15H2,1-2H3,(H2,23,24,25). The van der Waals surface area contributed by atoms with Gasteiger partial charge in [0.25, 0.3) is 0 Å². The van der Waals surface area contributed by atoms with E-state index in [9.17, 15) is 0 Å². The lowest BCUT2D eigenvalue weighted by atomic mass is 10.2. The van der Waals surface area contributed by atoms with Crippen molar-refractivity contribution in [3.05, 3.63) is 70.1 Å². The molecule has 3 aromatic heterocycles. The maximum Gasteiger partial charge on any atom is 0.191 e. The second-order valence-corrected chi connectivity index (χ2v) is 8.23. The lowest BCUT2D eigenvalue weighted by Crippen LogP contribution is -2.39. The van der Waals surface area contributed by atoms with Gasteiger partial charge in [-0.1, -0.05) is 24.3 Å². The van der Waals surface area contributed by atoms with E-state index in [4.69, 9.17) is 4.99 Å². The number of para-hydroxylation sites is 1. The summed E-state index contributed by atoms with van der Waals surface area (Å²) in [6.45, 7) is 4.04.